The van der Waals surface area contributed by atoms with E-state index in [2.05, 4.69) is 62.4 Å². The Kier molecular flexibility index (Phi) is 6.09. The summed E-state index contributed by atoms with van der Waals surface area (Å²) in [5, 5.41) is 0. The van der Waals surface area contributed by atoms with Gasteiger partial charge in [0.15, 0.2) is 40.5 Å². The molecular weight excluding hydrogens is 578 g/mol. The van der Waals surface area contributed by atoms with Crippen LogP contribution in [-0.4, -0.2) is 15.0 Å². The van der Waals surface area contributed by atoms with Crippen LogP contribution in [0.4, 0.5) is 0 Å². The van der Waals surface area contributed by atoms with Crippen LogP contribution < -0.4 is 9.47 Å². The van der Waals surface area contributed by atoms with Crippen LogP contribution in [0.2, 0.25) is 0 Å². The van der Waals surface area contributed by atoms with Gasteiger partial charge in [-0.25, -0.2) is 15.0 Å². The van der Waals surface area contributed by atoms with Gasteiger partial charge in [0.25, 0.3) is 0 Å². The van der Waals surface area contributed by atoms with E-state index in [9.17, 15) is 0 Å². The molecule has 0 bridgehead atoms. The second-order valence-corrected chi connectivity index (χ2v) is 12.5. The fraction of sp³-hybridized carbons (Fsp3) is 0.0714. The Morgan fingerprint density at radius 3 is 1.72 bits per heavy atom. The topological polar surface area (TPSA) is 57.1 Å². The second-order valence-electron chi connectivity index (χ2n) is 12.5. The van der Waals surface area contributed by atoms with Crippen molar-refractivity contribution in [2.24, 2.45) is 0 Å². The largest absolute Gasteiger partial charge is 0.449 e. The first-order valence-corrected chi connectivity index (χ1v) is 15.8. The predicted molar refractivity (Wildman–Crippen MR) is 186 cm³/mol. The molecule has 0 amide bonds. The van der Waals surface area contributed by atoms with E-state index in [-0.39, 0.29) is 5.41 Å². The van der Waals surface area contributed by atoms with Crippen molar-refractivity contribution < 1.29 is 9.47 Å². The molecule has 0 saturated carbocycles. The first-order chi connectivity index (χ1) is 23.0. The average molecular weight is 608 g/mol. The number of fused-ring (bicyclic) bond motifs is 6. The van der Waals surface area contributed by atoms with Crippen molar-refractivity contribution in [2.75, 3.05) is 0 Å². The molecule has 0 unspecified atom stereocenters. The maximum absolute atomic E-state index is 6.61. The van der Waals surface area contributed by atoms with Crippen molar-refractivity contribution in [2.45, 2.75) is 19.3 Å². The SMILES string of the molecule is CC1(C)c2ccccc2-c2c1ccc1c2Oc2ccc(-c3cccc(-c4nc(-c5ccccc5)nc(-c5ccccc5)n4)c3)cc2O1. The molecule has 0 spiro atoms. The number of nitrogens with zero attached hydrogens (tertiary/aromatic N) is 3. The lowest BCUT2D eigenvalue weighted by molar-refractivity contribution is 0.360. The molecule has 5 heteroatoms. The minimum atomic E-state index is -0.109. The lowest BCUT2D eigenvalue weighted by Gasteiger charge is -2.25. The van der Waals surface area contributed by atoms with Gasteiger partial charge in [-0.05, 0) is 52.1 Å². The number of benzene rings is 6. The first kappa shape index (κ1) is 27.3. The minimum absolute atomic E-state index is 0.109. The van der Waals surface area contributed by atoms with Gasteiger partial charge in [-0.2, -0.15) is 0 Å². The van der Waals surface area contributed by atoms with E-state index in [0.717, 1.165) is 44.9 Å². The van der Waals surface area contributed by atoms with Gasteiger partial charge in [-0.1, -0.05) is 129 Å². The van der Waals surface area contributed by atoms with Crippen LogP contribution in [0.1, 0.15) is 25.0 Å². The second kappa shape index (κ2) is 10.5. The minimum Gasteiger partial charge on any atom is -0.449 e. The van der Waals surface area contributed by atoms with Crippen molar-refractivity contribution in [1.29, 1.82) is 0 Å². The van der Waals surface area contributed by atoms with Crippen LogP contribution in [0.5, 0.6) is 23.0 Å². The number of ether oxygens (including phenoxy) is 2. The summed E-state index contributed by atoms with van der Waals surface area (Å²) in [4.78, 5) is 14.7. The Labute approximate surface area is 273 Å². The number of aromatic nitrogens is 3. The van der Waals surface area contributed by atoms with Crippen molar-refractivity contribution in [3.63, 3.8) is 0 Å². The quantitative estimate of drug-likeness (QED) is 0.199. The van der Waals surface area contributed by atoms with Gasteiger partial charge in [-0.3, -0.25) is 0 Å². The van der Waals surface area contributed by atoms with Crippen LogP contribution in [0, 0.1) is 0 Å². The molecule has 5 nitrogen and oxygen atoms in total. The highest BCUT2D eigenvalue weighted by Gasteiger charge is 2.39. The molecule has 1 aliphatic heterocycles. The molecule has 0 atom stereocenters. The van der Waals surface area contributed by atoms with Gasteiger partial charge < -0.3 is 9.47 Å². The highest BCUT2D eigenvalue weighted by molar-refractivity contribution is 5.88. The average Bonchev–Trinajstić information content (AvgIpc) is 3.37. The molecule has 0 radical (unpaired) electrons. The number of hydrogen-bond acceptors (Lipinski definition) is 5. The zero-order chi connectivity index (χ0) is 31.5. The van der Waals surface area contributed by atoms with Gasteiger partial charge in [0, 0.05) is 27.7 Å². The maximum atomic E-state index is 6.61. The van der Waals surface area contributed by atoms with Gasteiger partial charge in [-0.15, -0.1) is 0 Å². The molecule has 2 aliphatic rings. The molecule has 0 saturated heterocycles. The van der Waals surface area contributed by atoms with Gasteiger partial charge >= 0.3 is 0 Å². The van der Waals surface area contributed by atoms with E-state index in [4.69, 9.17) is 24.4 Å². The van der Waals surface area contributed by atoms with Gasteiger partial charge in [0.05, 0.1) is 0 Å². The zero-order valence-corrected chi connectivity index (χ0v) is 25.9. The Hall–Kier alpha value is -6.07. The Balaban J connectivity index is 1.09. The Bertz CT molecular complexity index is 2270. The number of rotatable bonds is 4. The summed E-state index contributed by atoms with van der Waals surface area (Å²) in [5.74, 6) is 4.77. The van der Waals surface area contributed by atoms with E-state index >= 15 is 0 Å². The molecule has 0 fully saturated rings. The maximum Gasteiger partial charge on any atom is 0.178 e. The van der Waals surface area contributed by atoms with Gasteiger partial charge in [0.1, 0.15) is 0 Å². The molecule has 1 aliphatic carbocycles. The third-order valence-electron chi connectivity index (χ3n) is 9.19. The molecule has 2 heterocycles. The molecule has 224 valence electrons. The molecule has 6 aromatic carbocycles. The summed E-state index contributed by atoms with van der Waals surface area (Å²) >= 11 is 0. The highest BCUT2D eigenvalue weighted by atomic mass is 16.6. The molecule has 0 N–H and O–H groups in total. The van der Waals surface area contributed by atoms with Gasteiger partial charge in [0.2, 0.25) is 0 Å². The molecule has 7 aromatic rings. The molecule has 1 aromatic heterocycles. The van der Waals surface area contributed by atoms with E-state index in [1.165, 1.54) is 16.7 Å². The number of hydrogen-bond donors (Lipinski definition) is 0. The fourth-order valence-electron chi connectivity index (χ4n) is 6.78. The lowest BCUT2D eigenvalue weighted by Crippen LogP contribution is -2.15. The summed E-state index contributed by atoms with van der Waals surface area (Å²) in [6, 6.07) is 47.2. The summed E-state index contributed by atoms with van der Waals surface area (Å²) < 4.78 is 13.1. The fourth-order valence-corrected chi connectivity index (χ4v) is 6.78. The summed E-state index contributed by atoms with van der Waals surface area (Å²) in [6.45, 7) is 4.54. The standard InChI is InChI=1S/C42H29N3O2/c1-42(2)32-19-10-9-18-31(32)37-33(42)21-23-35-38(37)47-34-22-20-29(25-36(34)46-35)28-16-11-17-30(24-28)41-44-39(26-12-5-3-6-13-26)43-40(45-41)27-14-7-4-8-15-27/h3-25H,1-2H3. The first-order valence-electron chi connectivity index (χ1n) is 15.8. The summed E-state index contributed by atoms with van der Waals surface area (Å²) in [6.07, 6.45) is 0. The summed E-state index contributed by atoms with van der Waals surface area (Å²) in [7, 11) is 0. The monoisotopic (exact) mass is 607 g/mol. The van der Waals surface area contributed by atoms with Crippen molar-refractivity contribution in [1.82, 2.24) is 15.0 Å². The van der Waals surface area contributed by atoms with E-state index in [1.54, 1.807) is 0 Å². The predicted octanol–water partition coefficient (Wildman–Crippen LogP) is 10.7. The van der Waals surface area contributed by atoms with E-state index in [1.807, 2.05) is 91.0 Å². The Morgan fingerprint density at radius 2 is 1.00 bits per heavy atom. The van der Waals surface area contributed by atoms with Crippen molar-refractivity contribution >= 4 is 0 Å². The zero-order valence-electron chi connectivity index (χ0n) is 25.9. The van der Waals surface area contributed by atoms with E-state index in [0.29, 0.717) is 29.0 Å². The van der Waals surface area contributed by atoms with Crippen LogP contribution in [0.25, 0.3) is 56.4 Å². The molecule has 9 rings (SSSR count). The van der Waals surface area contributed by atoms with Crippen LogP contribution in [0.3, 0.4) is 0 Å². The smallest absolute Gasteiger partial charge is 0.178 e. The Morgan fingerprint density at radius 1 is 0.426 bits per heavy atom. The van der Waals surface area contributed by atoms with Crippen molar-refractivity contribution in [3.05, 3.63) is 151 Å². The normalized spacial score (nSPS) is 13.4. The lowest BCUT2D eigenvalue weighted by atomic mass is 9.82. The highest BCUT2D eigenvalue weighted by Crippen LogP contribution is 2.58. The molecular formula is C42H29N3O2. The van der Waals surface area contributed by atoms with Crippen molar-refractivity contribution in [3.8, 4) is 79.4 Å². The van der Waals surface area contributed by atoms with Crippen LogP contribution in [0.15, 0.2) is 140 Å². The van der Waals surface area contributed by atoms with Crippen LogP contribution >= 0.6 is 0 Å². The summed E-state index contributed by atoms with van der Waals surface area (Å²) in [5.41, 5.74) is 9.57. The third-order valence-corrected chi connectivity index (χ3v) is 9.19. The van der Waals surface area contributed by atoms with Crippen LogP contribution in [-0.2, 0) is 5.41 Å². The third kappa shape index (κ3) is 4.50. The van der Waals surface area contributed by atoms with E-state index < -0.39 is 0 Å². The molecule has 47 heavy (non-hydrogen) atoms.